The zero-order chi connectivity index (χ0) is 17.5. The second kappa shape index (κ2) is 8.24. The predicted octanol–water partition coefficient (Wildman–Crippen LogP) is 1.49. The Labute approximate surface area is 141 Å². The van der Waals surface area contributed by atoms with Gasteiger partial charge >= 0.3 is 0 Å². The third-order valence-corrected chi connectivity index (χ3v) is 3.73. The highest BCUT2D eigenvalue weighted by Crippen LogP contribution is 2.17. The Bertz CT molecular complexity index is 693. The van der Waals surface area contributed by atoms with E-state index < -0.39 is 0 Å². The lowest BCUT2D eigenvalue weighted by atomic mass is 10.0. The second-order valence-corrected chi connectivity index (χ2v) is 5.68. The molecule has 0 aliphatic rings. The Morgan fingerprint density at radius 3 is 2.58 bits per heavy atom. The first-order valence-electron chi connectivity index (χ1n) is 7.96. The van der Waals surface area contributed by atoms with Crippen LogP contribution in [0.5, 0.6) is 0 Å². The van der Waals surface area contributed by atoms with Gasteiger partial charge in [-0.15, -0.1) is 10.2 Å². The average molecular weight is 329 g/mol. The van der Waals surface area contributed by atoms with Gasteiger partial charge in [-0.3, -0.25) is 9.59 Å². The van der Waals surface area contributed by atoms with Crippen molar-refractivity contribution in [3.63, 3.8) is 0 Å². The van der Waals surface area contributed by atoms with Crippen LogP contribution in [0.1, 0.15) is 43.3 Å². The van der Waals surface area contributed by atoms with Gasteiger partial charge in [-0.1, -0.05) is 29.8 Å². The third kappa shape index (κ3) is 4.91. The van der Waals surface area contributed by atoms with E-state index in [1.807, 2.05) is 42.7 Å². The van der Waals surface area contributed by atoms with Gasteiger partial charge in [0.2, 0.25) is 11.8 Å². The SMILES string of the molecule is CCn1cnnc1CNC(=O)C[C@H](NC(C)=O)c1ccc(C)cc1. The van der Waals surface area contributed by atoms with E-state index in [2.05, 4.69) is 20.8 Å². The molecule has 7 nitrogen and oxygen atoms in total. The minimum atomic E-state index is -0.354. The van der Waals surface area contributed by atoms with Crippen LogP contribution < -0.4 is 10.6 Å². The van der Waals surface area contributed by atoms with Crippen molar-refractivity contribution in [2.24, 2.45) is 0 Å². The largest absolute Gasteiger partial charge is 0.349 e. The summed E-state index contributed by atoms with van der Waals surface area (Å²) in [6, 6.07) is 7.43. The van der Waals surface area contributed by atoms with E-state index >= 15 is 0 Å². The first-order chi connectivity index (χ1) is 11.5. The summed E-state index contributed by atoms with van der Waals surface area (Å²) in [5, 5.41) is 13.5. The highest BCUT2D eigenvalue weighted by molar-refractivity contribution is 5.79. The molecule has 0 aliphatic carbocycles. The molecule has 0 bridgehead atoms. The number of rotatable bonds is 7. The van der Waals surface area contributed by atoms with E-state index in [-0.39, 0.29) is 24.3 Å². The molecule has 0 saturated carbocycles. The van der Waals surface area contributed by atoms with E-state index in [0.29, 0.717) is 12.4 Å². The molecule has 0 spiro atoms. The summed E-state index contributed by atoms with van der Waals surface area (Å²) < 4.78 is 1.87. The smallest absolute Gasteiger partial charge is 0.222 e. The molecule has 128 valence electrons. The molecule has 0 radical (unpaired) electrons. The highest BCUT2D eigenvalue weighted by atomic mass is 16.2. The van der Waals surface area contributed by atoms with Gasteiger partial charge < -0.3 is 15.2 Å². The minimum Gasteiger partial charge on any atom is -0.349 e. The maximum Gasteiger partial charge on any atom is 0.222 e. The quantitative estimate of drug-likeness (QED) is 0.805. The molecule has 1 aromatic carbocycles. The molecule has 2 aromatic rings. The van der Waals surface area contributed by atoms with Gasteiger partial charge in [-0.2, -0.15) is 0 Å². The molecule has 0 saturated heterocycles. The topological polar surface area (TPSA) is 88.9 Å². The molecular formula is C17H23N5O2. The molecule has 0 fully saturated rings. The number of amides is 2. The maximum atomic E-state index is 12.3. The van der Waals surface area contributed by atoms with Crippen molar-refractivity contribution in [1.82, 2.24) is 25.4 Å². The number of nitrogens with zero attached hydrogens (tertiary/aromatic N) is 3. The van der Waals surface area contributed by atoms with Gasteiger partial charge in [-0.05, 0) is 19.4 Å². The molecule has 1 atom stereocenters. The summed E-state index contributed by atoms with van der Waals surface area (Å²) in [5.41, 5.74) is 2.03. The van der Waals surface area contributed by atoms with E-state index in [0.717, 1.165) is 17.7 Å². The summed E-state index contributed by atoms with van der Waals surface area (Å²) in [6.45, 7) is 6.49. The monoisotopic (exact) mass is 329 g/mol. The molecule has 0 aliphatic heterocycles. The third-order valence-electron chi connectivity index (χ3n) is 3.73. The molecule has 2 N–H and O–H groups in total. The lowest BCUT2D eigenvalue weighted by Crippen LogP contribution is -2.32. The van der Waals surface area contributed by atoms with Crippen LogP contribution in [0.4, 0.5) is 0 Å². The number of benzene rings is 1. The van der Waals surface area contributed by atoms with Crippen LogP contribution in [0.25, 0.3) is 0 Å². The van der Waals surface area contributed by atoms with Crippen LogP contribution in [0.2, 0.25) is 0 Å². The molecule has 2 rings (SSSR count). The fourth-order valence-electron chi connectivity index (χ4n) is 2.41. The standard InChI is InChI=1S/C17H23N5O2/c1-4-22-11-19-21-16(22)10-18-17(24)9-15(20-13(3)23)14-7-5-12(2)6-8-14/h5-8,11,15H,4,9-10H2,1-3H3,(H,18,24)(H,20,23)/t15-/m0/s1. The van der Waals surface area contributed by atoms with Crippen LogP contribution in [0, 0.1) is 6.92 Å². The molecule has 2 amide bonds. The molecule has 24 heavy (non-hydrogen) atoms. The number of aryl methyl sites for hydroxylation is 2. The van der Waals surface area contributed by atoms with Crippen LogP contribution in [0.15, 0.2) is 30.6 Å². The number of carbonyl (C=O) groups excluding carboxylic acids is 2. The zero-order valence-corrected chi connectivity index (χ0v) is 14.2. The summed E-state index contributed by atoms with van der Waals surface area (Å²) in [7, 11) is 0. The molecule has 1 aromatic heterocycles. The summed E-state index contributed by atoms with van der Waals surface area (Å²) >= 11 is 0. The number of carbonyl (C=O) groups is 2. The van der Waals surface area contributed by atoms with Crippen LogP contribution in [-0.2, 0) is 22.7 Å². The summed E-state index contributed by atoms with van der Waals surface area (Å²) in [4.78, 5) is 23.7. The Morgan fingerprint density at radius 1 is 1.25 bits per heavy atom. The Morgan fingerprint density at radius 2 is 1.96 bits per heavy atom. The van der Waals surface area contributed by atoms with Crippen LogP contribution in [-0.4, -0.2) is 26.6 Å². The van der Waals surface area contributed by atoms with Gasteiger partial charge in [0.15, 0.2) is 5.82 Å². The number of aromatic nitrogens is 3. The van der Waals surface area contributed by atoms with Gasteiger partial charge in [0.1, 0.15) is 6.33 Å². The normalized spacial score (nSPS) is 11.8. The van der Waals surface area contributed by atoms with Crippen molar-refractivity contribution in [1.29, 1.82) is 0 Å². The van der Waals surface area contributed by atoms with Crippen molar-refractivity contribution in [3.05, 3.63) is 47.5 Å². The first kappa shape index (κ1) is 17.7. The van der Waals surface area contributed by atoms with Gasteiger partial charge in [-0.25, -0.2) is 0 Å². The lowest BCUT2D eigenvalue weighted by Gasteiger charge is -2.18. The van der Waals surface area contributed by atoms with Crippen molar-refractivity contribution in [2.45, 2.75) is 46.3 Å². The fourth-order valence-corrected chi connectivity index (χ4v) is 2.41. The van der Waals surface area contributed by atoms with Crippen molar-refractivity contribution in [3.8, 4) is 0 Å². The Kier molecular flexibility index (Phi) is 6.06. The predicted molar refractivity (Wildman–Crippen MR) is 89.9 cm³/mol. The number of hydrogen-bond acceptors (Lipinski definition) is 4. The second-order valence-electron chi connectivity index (χ2n) is 5.68. The minimum absolute atomic E-state index is 0.153. The van der Waals surface area contributed by atoms with Gasteiger partial charge in [0.05, 0.1) is 19.0 Å². The first-order valence-corrected chi connectivity index (χ1v) is 7.96. The van der Waals surface area contributed by atoms with Gasteiger partial charge in [0, 0.05) is 13.5 Å². The van der Waals surface area contributed by atoms with E-state index in [9.17, 15) is 9.59 Å². The van der Waals surface area contributed by atoms with Crippen molar-refractivity contribution < 1.29 is 9.59 Å². The fraction of sp³-hybridized carbons (Fsp3) is 0.412. The summed E-state index contributed by atoms with van der Waals surface area (Å²) in [5.74, 6) is 0.386. The highest BCUT2D eigenvalue weighted by Gasteiger charge is 2.17. The van der Waals surface area contributed by atoms with Gasteiger partial charge in [0.25, 0.3) is 0 Å². The maximum absolute atomic E-state index is 12.3. The Hall–Kier alpha value is -2.70. The molecule has 7 heteroatoms. The van der Waals surface area contributed by atoms with E-state index in [1.54, 1.807) is 6.33 Å². The molecule has 0 unspecified atom stereocenters. The summed E-state index contributed by atoms with van der Waals surface area (Å²) in [6.07, 6.45) is 1.80. The van der Waals surface area contributed by atoms with Crippen LogP contribution in [0.3, 0.4) is 0 Å². The van der Waals surface area contributed by atoms with E-state index in [4.69, 9.17) is 0 Å². The van der Waals surface area contributed by atoms with Crippen LogP contribution >= 0.6 is 0 Å². The van der Waals surface area contributed by atoms with E-state index in [1.165, 1.54) is 6.92 Å². The average Bonchev–Trinajstić information content (AvgIpc) is 3.00. The lowest BCUT2D eigenvalue weighted by molar-refractivity contribution is -0.123. The molecular weight excluding hydrogens is 306 g/mol. The Balaban J connectivity index is 1.99. The van der Waals surface area contributed by atoms with Crippen molar-refractivity contribution >= 4 is 11.8 Å². The molecule has 1 heterocycles. The van der Waals surface area contributed by atoms with Crippen molar-refractivity contribution in [2.75, 3.05) is 0 Å². The number of nitrogens with one attached hydrogen (secondary N) is 2. The zero-order valence-electron chi connectivity index (χ0n) is 14.2. The number of hydrogen-bond donors (Lipinski definition) is 2.